The maximum absolute atomic E-state index is 12.5. The van der Waals surface area contributed by atoms with Crippen LogP contribution in [0.3, 0.4) is 0 Å². The SMILES string of the molecule is C=CC[C@@H]1[C@H]2C[C@H](CN(C)C2)CN1C(=O)OC(C)(C)C. The Morgan fingerprint density at radius 3 is 2.65 bits per heavy atom. The van der Waals surface area contributed by atoms with Crippen molar-refractivity contribution in [2.24, 2.45) is 11.8 Å². The zero-order valence-corrected chi connectivity index (χ0v) is 13.3. The number of hydrogen-bond donors (Lipinski definition) is 0. The Hall–Kier alpha value is -1.03. The van der Waals surface area contributed by atoms with Crippen LogP contribution in [0.4, 0.5) is 4.79 Å². The molecule has 4 heteroatoms. The summed E-state index contributed by atoms with van der Waals surface area (Å²) in [7, 11) is 2.17. The van der Waals surface area contributed by atoms with Crippen molar-refractivity contribution in [3.05, 3.63) is 12.7 Å². The number of carbonyl (C=O) groups excluding carboxylic acids is 1. The van der Waals surface area contributed by atoms with Crippen LogP contribution in [0.1, 0.15) is 33.6 Å². The first-order valence-electron chi connectivity index (χ1n) is 7.59. The fraction of sp³-hybridized carbons (Fsp3) is 0.812. The number of fused-ring (bicyclic) bond motifs is 2. The normalized spacial score (nSPS) is 31.0. The van der Waals surface area contributed by atoms with Crippen LogP contribution in [0.5, 0.6) is 0 Å². The molecule has 1 amide bonds. The Morgan fingerprint density at radius 2 is 2.05 bits per heavy atom. The van der Waals surface area contributed by atoms with Gasteiger partial charge in [-0.05, 0) is 52.5 Å². The Bertz CT molecular complexity index is 373. The molecule has 0 aliphatic carbocycles. The van der Waals surface area contributed by atoms with Gasteiger partial charge in [-0.1, -0.05) is 6.08 Å². The standard InChI is InChI=1S/C16H28N2O2/c1-6-7-14-13-8-12(9-17(5)11-13)10-18(14)15(19)20-16(2,3)4/h6,12-14H,1,7-11H2,2-5H3/t12-,13+,14-/m1/s1. The fourth-order valence-corrected chi connectivity index (χ4v) is 3.59. The largest absolute Gasteiger partial charge is 0.444 e. The minimum atomic E-state index is -0.431. The van der Waals surface area contributed by atoms with Gasteiger partial charge in [-0.3, -0.25) is 0 Å². The lowest BCUT2D eigenvalue weighted by Crippen LogP contribution is -2.59. The molecule has 0 spiro atoms. The maximum atomic E-state index is 12.5. The molecule has 4 nitrogen and oxygen atoms in total. The molecule has 0 aromatic heterocycles. The molecule has 2 aliphatic heterocycles. The zero-order valence-electron chi connectivity index (χ0n) is 13.3. The van der Waals surface area contributed by atoms with Crippen molar-refractivity contribution in [2.75, 3.05) is 26.7 Å². The average Bonchev–Trinajstić information content (AvgIpc) is 2.29. The number of carbonyl (C=O) groups is 1. The third-order valence-corrected chi connectivity index (χ3v) is 4.19. The summed E-state index contributed by atoms with van der Waals surface area (Å²) in [6.45, 7) is 12.6. The van der Waals surface area contributed by atoms with Gasteiger partial charge >= 0.3 is 6.09 Å². The molecule has 0 aromatic carbocycles. The van der Waals surface area contributed by atoms with E-state index in [1.807, 2.05) is 31.7 Å². The third kappa shape index (κ3) is 3.54. The molecule has 0 unspecified atom stereocenters. The second kappa shape index (κ2) is 5.76. The Morgan fingerprint density at radius 1 is 1.35 bits per heavy atom. The first-order valence-corrected chi connectivity index (χ1v) is 7.59. The number of likely N-dealkylation sites (tertiary alicyclic amines) is 2. The van der Waals surface area contributed by atoms with Crippen LogP contribution in [-0.2, 0) is 4.74 Å². The summed E-state index contributed by atoms with van der Waals surface area (Å²) in [6.07, 6.45) is 3.84. The molecule has 2 bridgehead atoms. The van der Waals surface area contributed by atoms with E-state index in [0.717, 1.165) is 26.1 Å². The van der Waals surface area contributed by atoms with E-state index in [-0.39, 0.29) is 12.1 Å². The minimum Gasteiger partial charge on any atom is -0.444 e. The van der Waals surface area contributed by atoms with Crippen molar-refractivity contribution in [3.63, 3.8) is 0 Å². The highest BCUT2D eigenvalue weighted by molar-refractivity contribution is 5.69. The number of rotatable bonds is 2. The van der Waals surface area contributed by atoms with Gasteiger partial charge in [-0.25, -0.2) is 4.79 Å². The van der Waals surface area contributed by atoms with E-state index in [2.05, 4.69) is 18.5 Å². The number of amides is 1. The molecular formula is C16H28N2O2. The maximum Gasteiger partial charge on any atom is 0.410 e. The molecule has 2 heterocycles. The predicted octanol–water partition coefficient (Wildman–Crippen LogP) is 2.75. The number of nitrogens with zero attached hydrogens (tertiary/aromatic N) is 2. The topological polar surface area (TPSA) is 32.8 Å². The van der Waals surface area contributed by atoms with Crippen molar-refractivity contribution < 1.29 is 9.53 Å². The van der Waals surface area contributed by atoms with Gasteiger partial charge in [0.25, 0.3) is 0 Å². The van der Waals surface area contributed by atoms with E-state index in [0.29, 0.717) is 11.8 Å². The molecule has 0 saturated carbocycles. The first-order chi connectivity index (χ1) is 9.30. The summed E-state index contributed by atoms with van der Waals surface area (Å²) in [6, 6.07) is 0.237. The lowest BCUT2D eigenvalue weighted by Gasteiger charge is -2.49. The molecule has 2 rings (SSSR count). The van der Waals surface area contributed by atoms with Crippen LogP contribution in [0, 0.1) is 11.8 Å². The van der Waals surface area contributed by atoms with Gasteiger partial charge in [0.15, 0.2) is 0 Å². The third-order valence-electron chi connectivity index (χ3n) is 4.19. The quantitative estimate of drug-likeness (QED) is 0.729. The zero-order chi connectivity index (χ0) is 14.9. The average molecular weight is 280 g/mol. The molecule has 0 radical (unpaired) electrons. The van der Waals surface area contributed by atoms with E-state index in [1.165, 1.54) is 6.42 Å². The van der Waals surface area contributed by atoms with Gasteiger partial charge in [0.05, 0.1) is 0 Å². The molecular weight excluding hydrogens is 252 g/mol. The molecule has 0 aromatic rings. The second-order valence-corrected chi connectivity index (χ2v) is 7.31. The molecule has 3 atom stereocenters. The number of piperidine rings is 2. The van der Waals surface area contributed by atoms with Crippen LogP contribution in [0.2, 0.25) is 0 Å². The van der Waals surface area contributed by atoms with E-state index in [4.69, 9.17) is 4.74 Å². The smallest absolute Gasteiger partial charge is 0.410 e. The Labute approximate surface area is 122 Å². The van der Waals surface area contributed by atoms with Crippen LogP contribution < -0.4 is 0 Å². The lowest BCUT2D eigenvalue weighted by atomic mass is 9.78. The van der Waals surface area contributed by atoms with Crippen molar-refractivity contribution >= 4 is 6.09 Å². The number of ether oxygens (including phenoxy) is 1. The molecule has 2 saturated heterocycles. The van der Waals surface area contributed by atoms with Crippen molar-refractivity contribution in [1.29, 1.82) is 0 Å². The second-order valence-electron chi connectivity index (χ2n) is 7.31. The summed E-state index contributed by atoms with van der Waals surface area (Å²) in [4.78, 5) is 16.8. The van der Waals surface area contributed by atoms with Gasteiger partial charge in [0.1, 0.15) is 5.60 Å². The van der Waals surface area contributed by atoms with Crippen LogP contribution in [-0.4, -0.2) is 54.2 Å². The van der Waals surface area contributed by atoms with Crippen LogP contribution >= 0.6 is 0 Å². The van der Waals surface area contributed by atoms with Gasteiger partial charge in [0, 0.05) is 25.7 Å². The van der Waals surface area contributed by atoms with Crippen molar-refractivity contribution in [2.45, 2.75) is 45.3 Å². The van der Waals surface area contributed by atoms with Gasteiger partial charge < -0.3 is 14.5 Å². The van der Waals surface area contributed by atoms with E-state index < -0.39 is 5.60 Å². The minimum absolute atomic E-state index is 0.163. The number of hydrogen-bond acceptors (Lipinski definition) is 3. The molecule has 2 aliphatic rings. The summed E-state index contributed by atoms with van der Waals surface area (Å²) >= 11 is 0. The Balaban J connectivity index is 2.13. The Kier molecular flexibility index (Phi) is 4.43. The summed E-state index contributed by atoms with van der Waals surface area (Å²) in [5, 5.41) is 0. The first kappa shape index (κ1) is 15.4. The van der Waals surface area contributed by atoms with Crippen molar-refractivity contribution in [1.82, 2.24) is 9.80 Å². The summed E-state index contributed by atoms with van der Waals surface area (Å²) in [5.74, 6) is 1.12. The van der Waals surface area contributed by atoms with Gasteiger partial charge in [0.2, 0.25) is 0 Å². The van der Waals surface area contributed by atoms with Crippen LogP contribution in [0.15, 0.2) is 12.7 Å². The molecule has 2 fully saturated rings. The van der Waals surface area contributed by atoms with Gasteiger partial charge in [-0.15, -0.1) is 6.58 Å². The highest BCUT2D eigenvalue weighted by Gasteiger charge is 2.42. The van der Waals surface area contributed by atoms with Gasteiger partial charge in [-0.2, -0.15) is 0 Å². The summed E-state index contributed by atoms with van der Waals surface area (Å²) in [5.41, 5.74) is -0.431. The van der Waals surface area contributed by atoms with E-state index in [9.17, 15) is 4.79 Å². The lowest BCUT2D eigenvalue weighted by molar-refractivity contribution is -0.0315. The van der Waals surface area contributed by atoms with E-state index >= 15 is 0 Å². The predicted molar refractivity (Wildman–Crippen MR) is 80.6 cm³/mol. The fourth-order valence-electron chi connectivity index (χ4n) is 3.59. The molecule has 114 valence electrons. The highest BCUT2D eigenvalue weighted by atomic mass is 16.6. The molecule has 0 N–H and O–H groups in total. The highest BCUT2D eigenvalue weighted by Crippen LogP contribution is 2.35. The van der Waals surface area contributed by atoms with Crippen molar-refractivity contribution in [3.8, 4) is 0 Å². The van der Waals surface area contributed by atoms with E-state index in [1.54, 1.807) is 0 Å². The summed E-state index contributed by atoms with van der Waals surface area (Å²) < 4.78 is 5.58. The van der Waals surface area contributed by atoms with Crippen LogP contribution in [0.25, 0.3) is 0 Å². The molecule has 20 heavy (non-hydrogen) atoms. The monoisotopic (exact) mass is 280 g/mol.